The van der Waals surface area contributed by atoms with Crippen LogP contribution in [0.3, 0.4) is 0 Å². The molecule has 0 radical (unpaired) electrons. The van der Waals surface area contributed by atoms with Crippen molar-refractivity contribution in [1.82, 2.24) is 29.1 Å². The molecule has 0 aliphatic heterocycles. The molecule has 1 amide bonds. The number of amides is 1. The van der Waals surface area contributed by atoms with Gasteiger partial charge in [-0.2, -0.15) is 5.10 Å². The summed E-state index contributed by atoms with van der Waals surface area (Å²) >= 11 is 1.11. The maximum atomic E-state index is 12.1. The summed E-state index contributed by atoms with van der Waals surface area (Å²) in [6.07, 6.45) is 5.43. The molecule has 0 fully saturated rings. The Bertz CT molecular complexity index is 981. The lowest BCUT2D eigenvalue weighted by molar-refractivity contribution is 0.0955. The van der Waals surface area contributed by atoms with Crippen LogP contribution >= 0.6 is 11.5 Å². The summed E-state index contributed by atoms with van der Waals surface area (Å²) in [5, 5.41) is 11.2. The van der Waals surface area contributed by atoms with E-state index in [0.717, 1.165) is 28.6 Å². The largest absolute Gasteiger partial charge is 0.463 e. The highest BCUT2D eigenvalue weighted by atomic mass is 32.1. The van der Waals surface area contributed by atoms with Gasteiger partial charge in [0.05, 0.1) is 12.0 Å². The van der Waals surface area contributed by atoms with Gasteiger partial charge in [-0.25, -0.2) is 4.52 Å². The normalized spacial score (nSPS) is 11.2. The van der Waals surface area contributed by atoms with Gasteiger partial charge in [0.1, 0.15) is 16.2 Å². The number of nitrogens with one attached hydrogen (secondary N) is 1. The monoisotopic (exact) mass is 342 g/mol. The molecule has 0 saturated carbocycles. The van der Waals surface area contributed by atoms with Gasteiger partial charge in [-0.3, -0.25) is 4.79 Å². The lowest BCUT2D eigenvalue weighted by atomic mass is 10.3. The van der Waals surface area contributed by atoms with Gasteiger partial charge < -0.3 is 14.3 Å². The molecule has 0 aliphatic carbocycles. The van der Waals surface area contributed by atoms with Gasteiger partial charge in [0, 0.05) is 31.5 Å². The van der Waals surface area contributed by atoms with Gasteiger partial charge in [-0.1, -0.05) is 4.49 Å². The maximum absolute atomic E-state index is 12.1. The van der Waals surface area contributed by atoms with Crippen LogP contribution in [0, 0.1) is 6.92 Å². The maximum Gasteiger partial charge on any atom is 0.265 e. The molecule has 0 atom stereocenters. The Labute approximate surface area is 140 Å². The molecule has 0 bridgehead atoms. The molecule has 4 heterocycles. The molecule has 0 aromatic carbocycles. The lowest BCUT2D eigenvalue weighted by Crippen LogP contribution is -2.26. The summed E-state index contributed by atoms with van der Waals surface area (Å²) in [5.41, 5.74) is 2.37. The molecule has 0 saturated heterocycles. The van der Waals surface area contributed by atoms with Gasteiger partial charge in [0.15, 0.2) is 5.76 Å². The zero-order chi connectivity index (χ0) is 16.5. The number of nitrogens with zero attached hydrogens (tertiary/aromatic N) is 5. The zero-order valence-corrected chi connectivity index (χ0v) is 13.7. The molecule has 122 valence electrons. The van der Waals surface area contributed by atoms with Crippen LogP contribution < -0.4 is 5.32 Å². The van der Waals surface area contributed by atoms with Crippen LogP contribution in [-0.4, -0.2) is 36.2 Å². The molecular formula is C15H14N6O2S. The number of aromatic nitrogens is 5. The Morgan fingerprint density at radius 2 is 2.33 bits per heavy atom. The molecule has 0 spiro atoms. The number of fused-ring (bicyclic) bond motifs is 1. The summed E-state index contributed by atoms with van der Waals surface area (Å²) in [4.78, 5) is 12.6. The molecule has 0 unspecified atom stereocenters. The van der Waals surface area contributed by atoms with Crippen molar-refractivity contribution >= 4 is 23.1 Å². The van der Waals surface area contributed by atoms with Crippen LogP contribution in [0.4, 0.5) is 0 Å². The number of carbonyl (C=O) groups excluding carboxylic acids is 1. The first-order valence-electron chi connectivity index (χ1n) is 7.38. The minimum Gasteiger partial charge on any atom is -0.463 e. The predicted octanol–water partition coefficient (Wildman–Crippen LogP) is 1.99. The molecule has 0 aliphatic rings. The van der Waals surface area contributed by atoms with Crippen molar-refractivity contribution in [3.05, 3.63) is 47.4 Å². The Kier molecular flexibility index (Phi) is 3.62. The molecular weight excluding hydrogens is 328 g/mol. The number of imidazole rings is 1. The Morgan fingerprint density at radius 1 is 1.42 bits per heavy atom. The third-order valence-electron chi connectivity index (χ3n) is 3.67. The standard InChI is InChI=1S/C15H14N6O2S/c1-10-14(24-19-17-10)15(22)16-4-5-20-6-7-21-13(20)9-11(18-21)12-3-2-8-23-12/h2-3,6-9H,4-5H2,1H3,(H,16,22). The van der Waals surface area contributed by atoms with Crippen molar-refractivity contribution in [3.63, 3.8) is 0 Å². The lowest BCUT2D eigenvalue weighted by Gasteiger charge is -2.05. The second kappa shape index (κ2) is 5.93. The molecule has 1 N–H and O–H groups in total. The first-order chi connectivity index (χ1) is 11.7. The van der Waals surface area contributed by atoms with E-state index in [1.54, 1.807) is 17.7 Å². The number of aryl methyl sites for hydroxylation is 1. The molecule has 9 heteroatoms. The van der Waals surface area contributed by atoms with E-state index in [2.05, 4.69) is 20.0 Å². The second-order valence-corrected chi connectivity index (χ2v) is 6.00. The SMILES string of the molecule is Cc1nnsc1C(=O)NCCn1ccn2nc(-c3ccco3)cc12. The first-order valence-corrected chi connectivity index (χ1v) is 8.15. The third-order valence-corrected chi connectivity index (χ3v) is 4.49. The highest BCUT2D eigenvalue weighted by molar-refractivity contribution is 7.07. The fraction of sp³-hybridized carbons (Fsp3) is 0.200. The summed E-state index contributed by atoms with van der Waals surface area (Å²) in [6, 6.07) is 5.66. The summed E-state index contributed by atoms with van der Waals surface area (Å²) in [6.45, 7) is 2.91. The average Bonchev–Trinajstić information content (AvgIpc) is 3.31. The Morgan fingerprint density at radius 3 is 3.08 bits per heavy atom. The second-order valence-electron chi connectivity index (χ2n) is 5.24. The minimum absolute atomic E-state index is 0.143. The number of rotatable bonds is 5. The number of furan rings is 1. The fourth-order valence-corrected chi connectivity index (χ4v) is 3.05. The van der Waals surface area contributed by atoms with E-state index in [4.69, 9.17) is 4.42 Å². The topological polar surface area (TPSA) is 90.2 Å². The molecule has 4 aromatic rings. The van der Waals surface area contributed by atoms with Crippen molar-refractivity contribution < 1.29 is 9.21 Å². The number of hydrogen-bond acceptors (Lipinski definition) is 6. The van der Waals surface area contributed by atoms with E-state index < -0.39 is 0 Å². The Hall–Kier alpha value is -2.94. The average molecular weight is 342 g/mol. The quantitative estimate of drug-likeness (QED) is 0.599. The van der Waals surface area contributed by atoms with Gasteiger partial charge in [0.25, 0.3) is 5.91 Å². The number of carbonyl (C=O) groups is 1. The van der Waals surface area contributed by atoms with Crippen molar-refractivity contribution in [3.8, 4) is 11.5 Å². The van der Waals surface area contributed by atoms with E-state index in [1.807, 2.05) is 35.2 Å². The van der Waals surface area contributed by atoms with Crippen molar-refractivity contribution in [1.29, 1.82) is 0 Å². The van der Waals surface area contributed by atoms with E-state index in [-0.39, 0.29) is 5.91 Å². The van der Waals surface area contributed by atoms with Crippen LogP contribution in [0.2, 0.25) is 0 Å². The van der Waals surface area contributed by atoms with Gasteiger partial charge in [0.2, 0.25) is 0 Å². The van der Waals surface area contributed by atoms with Crippen LogP contribution in [0.25, 0.3) is 17.1 Å². The molecule has 4 aromatic heterocycles. The van der Waals surface area contributed by atoms with Crippen molar-refractivity contribution in [2.24, 2.45) is 0 Å². The van der Waals surface area contributed by atoms with Crippen LogP contribution in [-0.2, 0) is 6.54 Å². The van der Waals surface area contributed by atoms with Gasteiger partial charge in [-0.15, -0.1) is 5.10 Å². The summed E-state index contributed by atoms with van der Waals surface area (Å²) in [5.74, 6) is 0.585. The van der Waals surface area contributed by atoms with Crippen molar-refractivity contribution in [2.45, 2.75) is 13.5 Å². The molecule has 24 heavy (non-hydrogen) atoms. The summed E-state index contributed by atoms with van der Waals surface area (Å²) < 4.78 is 13.0. The smallest absolute Gasteiger partial charge is 0.265 e. The molecule has 8 nitrogen and oxygen atoms in total. The minimum atomic E-state index is -0.143. The highest BCUT2D eigenvalue weighted by Gasteiger charge is 2.13. The van der Waals surface area contributed by atoms with Crippen LogP contribution in [0.5, 0.6) is 0 Å². The molecule has 4 rings (SSSR count). The van der Waals surface area contributed by atoms with Gasteiger partial charge >= 0.3 is 0 Å². The zero-order valence-electron chi connectivity index (χ0n) is 12.8. The Balaban J connectivity index is 1.45. The number of hydrogen-bond donors (Lipinski definition) is 1. The first kappa shape index (κ1) is 14.6. The van der Waals surface area contributed by atoms with Crippen LogP contribution in [0.15, 0.2) is 41.3 Å². The highest BCUT2D eigenvalue weighted by Crippen LogP contribution is 2.20. The van der Waals surface area contributed by atoms with Gasteiger partial charge in [-0.05, 0) is 30.6 Å². The predicted molar refractivity (Wildman–Crippen MR) is 87.9 cm³/mol. The summed E-state index contributed by atoms with van der Waals surface area (Å²) in [7, 11) is 0. The van der Waals surface area contributed by atoms with E-state index >= 15 is 0 Å². The van der Waals surface area contributed by atoms with E-state index in [0.29, 0.717) is 23.7 Å². The van der Waals surface area contributed by atoms with E-state index in [1.165, 1.54) is 0 Å². The van der Waals surface area contributed by atoms with Crippen molar-refractivity contribution in [2.75, 3.05) is 6.54 Å². The van der Waals surface area contributed by atoms with E-state index in [9.17, 15) is 4.79 Å². The fourth-order valence-electron chi connectivity index (χ4n) is 2.47. The van der Waals surface area contributed by atoms with Crippen LogP contribution in [0.1, 0.15) is 15.4 Å². The third kappa shape index (κ3) is 2.58.